The van der Waals surface area contributed by atoms with Gasteiger partial charge in [-0.3, -0.25) is 9.59 Å². The van der Waals surface area contributed by atoms with Gasteiger partial charge in [0.15, 0.2) is 0 Å². The van der Waals surface area contributed by atoms with Crippen molar-refractivity contribution in [3.63, 3.8) is 0 Å². The van der Waals surface area contributed by atoms with Crippen LogP contribution in [-0.2, 0) is 19.6 Å². The molecule has 0 radical (unpaired) electrons. The summed E-state index contributed by atoms with van der Waals surface area (Å²) in [4.78, 5) is 26.2. The highest BCUT2D eigenvalue weighted by atomic mass is 32.2. The Hall–Kier alpha value is -3.60. The highest BCUT2D eigenvalue weighted by Gasteiger charge is 2.35. The second kappa shape index (κ2) is 11.2. The van der Waals surface area contributed by atoms with Crippen LogP contribution in [0.4, 0.5) is 5.69 Å². The third-order valence-corrected chi connectivity index (χ3v) is 7.23. The molecule has 1 aliphatic carbocycles. The van der Waals surface area contributed by atoms with Crippen LogP contribution in [0, 0.1) is 11.8 Å². The standard InChI is InChI=1S/C24H29N3O7S/c1-15(26-27-35(31,32)22-13-12-18(33-2)14-21(22)34-3)16-8-10-17(11-9-16)25-23(28)19-6-4-5-7-20(19)24(29)30/h8-14,19-20,27H,4-7H2,1-3H3,(H,25,28)(H,29,30). The molecule has 3 N–H and O–H groups in total. The Bertz CT molecular complexity index is 1210. The maximum absolute atomic E-state index is 12.7. The van der Waals surface area contributed by atoms with E-state index < -0.39 is 27.8 Å². The molecule has 0 saturated heterocycles. The molecule has 2 aromatic rings. The topological polar surface area (TPSA) is 143 Å². The quantitative estimate of drug-likeness (QED) is 0.352. The molecule has 2 unspecified atom stereocenters. The Morgan fingerprint density at radius 3 is 2.26 bits per heavy atom. The zero-order chi connectivity index (χ0) is 25.6. The molecule has 0 aromatic heterocycles. The number of carboxylic acid groups (broad SMARTS) is 1. The number of hydrogen-bond acceptors (Lipinski definition) is 7. The van der Waals surface area contributed by atoms with Gasteiger partial charge in [0, 0.05) is 11.8 Å². The number of rotatable bonds is 9. The number of carboxylic acids is 1. The van der Waals surface area contributed by atoms with Gasteiger partial charge in [0.05, 0.1) is 31.8 Å². The van der Waals surface area contributed by atoms with Gasteiger partial charge < -0.3 is 19.9 Å². The molecule has 0 aliphatic heterocycles. The number of hydrogen-bond donors (Lipinski definition) is 3. The zero-order valence-electron chi connectivity index (χ0n) is 19.8. The Morgan fingerprint density at radius 2 is 1.66 bits per heavy atom. The van der Waals surface area contributed by atoms with Gasteiger partial charge in [-0.15, -0.1) is 0 Å². The summed E-state index contributed by atoms with van der Waals surface area (Å²) in [7, 11) is -1.18. The van der Waals surface area contributed by atoms with E-state index in [0.717, 1.165) is 12.8 Å². The molecule has 2 atom stereocenters. The minimum atomic E-state index is -4.00. The molecule has 35 heavy (non-hydrogen) atoms. The number of amides is 1. The normalized spacial score (nSPS) is 18.4. The number of carbonyl (C=O) groups is 2. The lowest BCUT2D eigenvalue weighted by Gasteiger charge is -2.27. The number of benzene rings is 2. The molecule has 10 nitrogen and oxygen atoms in total. The van der Waals surface area contributed by atoms with E-state index in [4.69, 9.17) is 9.47 Å². The van der Waals surface area contributed by atoms with Gasteiger partial charge in [-0.25, -0.2) is 0 Å². The van der Waals surface area contributed by atoms with Crippen molar-refractivity contribution in [1.82, 2.24) is 4.83 Å². The van der Waals surface area contributed by atoms with E-state index in [2.05, 4.69) is 15.2 Å². The number of nitrogens with zero attached hydrogens (tertiary/aromatic N) is 1. The average molecular weight is 504 g/mol. The lowest BCUT2D eigenvalue weighted by Crippen LogP contribution is -2.36. The maximum Gasteiger partial charge on any atom is 0.307 e. The molecular formula is C24H29N3O7S. The van der Waals surface area contributed by atoms with Crippen molar-refractivity contribution in [2.45, 2.75) is 37.5 Å². The molecule has 1 amide bonds. The van der Waals surface area contributed by atoms with E-state index >= 15 is 0 Å². The number of hydrazone groups is 1. The van der Waals surface area contributed by atoms with E-state index in [1.165, 1.54) is 32.4 Å². The van der Waals surface area contributed by atoms with Crippen LogP contribution in [0.15, 0.2) is 52.5 Å². The van der Waals surface area contributed by atoms with E-state index in [-0.39, 0.29) is 16.6 Å². The lowest BCUT2D eigenvalue weighted by atomic mass is 9.78. The third-order valence-electron chi connectivity index (χ3n) is 5.98. The van der Waals surface area contributed by atoms with Crippen molar-refractivity contribution < 1.29 is 32.6 Å². The van der Waals surface area contributed by atoms with Crippen molar-refractivity contribution in [2.75, 3.05) is 19.5 Å². The fourth-order valence-corrected chi connectivity index (χ4v) is 5.02. The molecule has 1 fully saturated rings. The molecule has 2 aromatic carbocycles. The summed E-state index contributed by atoms with van der Waals surface area (Å²) in [5.74, 6) is -1.91. The van der Waals surface area contributed by atoms with Crippen LogP contribution in [0.2, 0.25) is 0 Å². The molecule has 0 bridgehead atoms. The second-order valence-electron chi connectivity index (χ2n) is 8.21. The van der Waals surface area contributed by atoms with Crippen LogP contribution in [-0.4, -0.2) is 45.3 Å². The molecule has 1 saturated carbocycles. The van der Waals surface area contributed by atoms with Gasteiger partial charge in [-0.05, 0) is 49.6 Å². The monoisotopic (exact) mass is 503 g/mol. The second-order valence-corrected chi connectivity index (χ2v) is 9.84. The fraction of sp³-hybridized carbons (Fsp3) is 0.375. The summed E-state index contributed by atoms with van der Waals surface area (Å²) in [6.45, 7) is 1.64. The smallest absolute Gasteiger partial charge is 0.307 e. The highest BCUT2D eigenvalue weighted by molar-refractivity contribution is 7.89. The van der Waals surface area contributed by atoms with E-state index in [9.17, 15) is 23.1 Å². The van der Waals surface area contributed by atoms with Crippen LogP contribution in [0.25, 0.3) is 0 Å². The summed E-state index contributed by atoms with van der Waals surface area (Å²) < 4.78 is 35.7. The lowest BCUT2D eigenvalue weighted by molar-refractivity contribution is -0.147. The summed E-state index contributed by atoms with van der Waals surface area (Å²) in [5, 5.41) is 16.2. The number of aliphatic carboxylic acids is 1. The number of carbonyl (C=O) groups excluding carboxylic acids is 1. The van der Waals surface area contributed by atoms with Crippen molar-refractivity contribution >= 4 is 33.3 Å². The number of methoxy groups -OCH3 is 2. The Labute approximate surface area is 204 Å². The first-order chi connectivity index (χ1) is 16.7. The average Bonchev–Trinajstić information content (AvgIpc) is 2.87. The van der Waals surface area contributed by atoms with Gasteiger partial charge in [-0.2, -0.15) is 18.4 Å². The summed E-state index contributed by atoms with van der Waals surface area (Å²) >= 11 is 0. The number of sulfonamides is 1. The van der Waals surface area contributed by atoms with Gasteiger partial charge in [0.25, 0.3) is 10.0 Å². The molecule has 0 spiro atoms. The third kappa shape index (κ3) is 6.30. The van der Waals surface area contributed by atoms with Crippen molar-refractivity contribution in [3.05, 3.63) is 48.0 Å². The Balaban J connectivity index is 1.68. The molecule has 1 aliphatic rings. The predicted molar refractivity (Wildman–Crippen MR) is 130 cm³/mol. The number of nitrogens with one attached hydrogen (secondary N) is 2. The molecule has 3 rings (SSSR count). The largest absolute Gasteiger partial charge is 0.497 e. The SMILES string of the molecule is COc1ccc(S(=O)(=O)NN=C(C)c2ccc(NC(=O)C3CCCCC3C(=O)O)cc2)c(OC)c1. The van der Waals surface area contributed by atoms with Crippen molar-refractivity contribution in [1.29, 1.82) is 0 Å². The van der Waals surface area contributed by atoms with Gasteiger partial charge in [0.2, 0.25) is 5.91 Å². The molecular weight excluding hydrogens is 474 g/mol. The van der Waals surface area contributed by atoms with Crippen LogP contribution in [0.5, 0.6) is 11.5 Å². The van der Waals surface area contributed by atoms with Crippen molar-refractivity contribution in [2.24, 2.45) is 16.9 Å². The van der Waals surface area contributed by atoms with Crippen LogP contribution in [0.3, 0.4) is 0 Å². The predicted octanol–water partition coefficient (Wildman–Crippen LogP) is 3.24. The van der Waals surface area contributed by atoms with Crippen LogP contribution < -0.4 is 19.6 Å². The first-order valence-electron chi connectivity index (χ1n) is 11.1. The number of anilines is 1. The minimum absolute atomic E-state index is 0.0854. The zero-order valence-corrected chi connectivity index (χ0v) is 20.6. The number of ether oxygens (including phenoxy) is 2. The van der Waals surface area contributed by atoms with Crippen LogP contribution in [0.1, 0.15) is 38.2 Å². The minimum Gasteiger partial charge on any atom is -0.497 e. The Morgan fingerprint density at radius 1 is 1.00 bits per heavy atom. The van der Waals surface area contributed by atoms with Gasteiger partial charge in [-0.1, -0.05) is 25.0 Å². The molecule has 188 valence electrons. The molecule has 11 heteroatoms. The van der Waals surface area contributed by atoms with Crippen molar-refractivity contribution in [3.8, 4) is 11.5 Å². The fourth-order valence-electron chi connectivity index (χ4n) is 4.01. The molecule has 0 heterocycles. The first kappa shape index (κ1) is 26.0. The van der Waals surface area contributed by atoms with Gasteiger partial charge in [0.1, 0.15) is 16.4 Å². The Kier molecular flexibility index (Phi) is 8.34. The van der Waals surface area contributed by atoms with E-state index in [1.54, 1.807) is 31.2 Å². The summed E-state index contributed by atoms with van der Waals surface area (Å²) in [5.41, 5.74) is 1.55. The van der Waals surface area contributed by atoms with Gasteiger partial charge >= 0.3 is 5.97 Å². The summed E-state index contributed by atoms with van der Waals surface area (Å²) in [6.07, 6.45) is 2.68. The maximum atomic E-state index is 12.7. The van der Waals surface area contributed by atoms with E-state index in [1.807, 2.05) is 0 Å². The first-order valence-corrected chi connectivity index (χ1v) is 12.6. The summed E-state index contributed by atoms with van der Waals surface area (Å²) in [6, 6.07) is 11.0. The van der Waals surface area contributed by atoms with E-state index in [0.29, 0.717) is 35.6 Å². The van der Waals surface area contributed by atoms with Crippen LogP contribution >= 0.6 is 0 Å². The highest BCUT2D eigenvalue weighted by Crippen LogP contribution is 2.31.